The van der Waals surface area contributed by atoms with Gasteiger partial charge in [0.1, 0.15) is 5.82 Å². The summed E-state index contributed by atoms with van der Waals surface area (Å²) in [5.41, 5.74) is 2.93. The highest BCUT2D eigenvalue weighted by molar-refractivity contribution is 5.84. The first-order valence-electron chi connectivity index (χ1n) is 8.66. The fourth-order valence-electron chi connectivity index (χ4n) is 3.06. The number of aryl methyl sites for hydroxylation is 1. The molecule has 6 heteroatoms. The monoisotopic (exact) mass is 350 g/mol. The number of aromatic nitrogens is 4. The van der Waals surface area contributed by atoms with Crippen LogP contribution in [0.15, 0.2) is 53.7 Å². The van der Waals surface area contributed by atoms with E-state index in [4.69, 9.17) is 0 Å². The van der Waals surface area contributed by atoms with Crippen molar-refractivity contribution in [1.29, 1.82) is 0 Å². The van der Waals surface area contributed by atoms with Crippen LogP contribution in [0, 0.1) is 11.7 Å². The van der Waals surface area contributed by atoms with Crippen LogP contribution >= 0.6 is 0 Å². The summed E-state index contributed by atoms with van der Waals surface area (Å²) < 4.78 is 16.6. The van der Waals surface area contributed by atoms with Crippen molar-refractivity contribution in [3.8, 4) is 11.1 Å². The van der Waals surface area contributed by atoms with Gasteiger partial charge in [0.2, 0.25) is 0 Å². The minimum Gasteiger partial charge on any atom is -0.315 e. The maximum atomic E-state index is 13.2. The summed E-state index contributed by atoms with van der Waals surface area (Å²) in [6, 6.07) is 8.11. The summed E-state index contributed by atoms with van der Waals surface area (Å²) in [5, 5.41) is 4.94. The molecular weight excluding hydrogens is 331 g/mol. The largest absolute Gasteiger partial charge is 0.315 e. The highest BCUT2D eigenvalue weighted by atomic mass is 19.1. The van der Waals surface area contributed by atoms with Crippen molar-refractivity contribution in [1.82, 2.24) is 19.2 Å². The third kappa shape index (κ3) is 2.77. The summed E-state index contributed by atoms with van der Waals surface area (Å²) in [4.78, 5) is 17.2. The molecule has 0 fully saturated rings. The Labute approximate surface area is 149 Å². The van der Waals surface area contributed by atoms with Crippen molar-refractivity contribution < 1.29 is 4.39 Å². The molecule has 4 rings (SSSR count). The Morgan fingerprint density at radius 1 is 1.12 bits per heavy atom. The first-order valence-corrected chi connectivity index (χ1v) is 8.66. The smallest absolute Gasteiger partial charge is 0.261 e. The minimum absolute atomic E-state index is 0.0589. The quantitative estimate of drug-likeness (QED) is 0.561. The van der Waals surface area contributed by atoms with Gasteiger partial charge in [-0.05, 0) is 36.1 Å². The molecule has 132 valence electrons. The molecule has 0 aliphatic carbocycles. The fourth-order valence-corrected chi connectivity index (χ4v) is 3.06. The Kier molecular flexibility index (Phi) is 4.03. The Hall–Kier alpha value is -3.02. The number of nitrogens with zero attached hydrogens (tertiary/aromatic N) is 4. The molecule has 0 aliphatic heterocycles. The molecule has 0 unspecified atom stereocenters. The van der Waals surface area contributed by atoms with Gasteiger partial charge in [-0.2, -0.15) is 5.10 Å². The van der Waals surface area contributed by atoms with E-state index < -0.39 is 0 Å². The lowest BCUT2D eigenvalue weighted by molar-refractivity contribution is 0.509. The SMILES string of the molecule is CC(C)CCn1ccc2c(cnc3c(-c4ccc(F)cc4)cnn32)c1=O. The summed E-state index contributed by atoms with van der Waals surface area (Å²) in [6.07, 6.45) is 6.05. The standard InChI is InChI=1S/C20H19FN4O/c1-13(2)7-9-24-10-8-18-17(20(24)26)11-22-19-16(12-23-25(18)19)14-3-5-15(21)6-4-14/h3-6,8,10-13H,7,9H2,1-2H3. The predicted octanol–water partition coefficient (Wildman–Crippen LogP) is 3.90. The van der Waals surface area contributed by atoms with Crippen molar-refractivity contribution in [3.63, 3.8) is 0 Å². The lowest BCUT2D eigenvalue weighted by atomic mass is 10.1. The van der Waals surface area contributed by atoms with E-state index in [-0.39, 0.29) is 11.4 Å². The van der Waals surface area contributed by atoms with Crippen LogP contribution in [-0.2, 0) is 6.54 Å². The van der Waals surface area contributed by atoms with Gasteiger partial charge in [-0.25, -0.2) is 13.9 Å². The van der Waals surface area contributed by atoms with Crippen molar-refractivity contribution in [2.45, 2.75) is 26.8 Å². The van der Waals surface area contributed by atoms with Crippen LogP contribution in [0.2, 0.25) is 0 Å². The molecule has 26 heavy (non-hydrogen) atoms. The van der Waals surface area contributed by atoms with Gasteiger partial charge in [-0.1, -0.05) is 26.0 Å². The van der Waals surface area contributed by atoms with Gasteiger partial charge in [0, 0.05) is 24.5 Å². The number of hydrogen-bond donors (Lipinski definition) is 0. The molecule has 0 amide bonds. The molecule has 0 radical (unpaired) electrons. The van der Waals surface area contributed by atoms with Crippen molar-refractivity contribution in [2.75, 3.05) is 0 Å². The van der Waals surface area contributed by atoms with E-state index >= 15 is 0 Å². The average Bonchev–Trinajstić information content (AvgIpc) is 3.06. The third-order valence-electron chi connectivity index (χ3n) is 4.57. The first-order chi connectivity index (χ1) is 12.5. The highest BCUT2D eigenvalue weighted by Gasteiger charge is 2.13. The number of rotatable bonds is 4. The van der Waals surface area contributed by atoms with E-state index in [0.29, 0.717) is 29.0 Å². The Morgan fingerprint density at radius 2 is 1.88 bits per heavy atom. The van der Waals surface area contributed by atoms with Gasteiger partial charge < -0.3 is 4.57 Å². The van der Waals surface area contributed by atoms with Gasteiger partial charge >= 0.3 is 0 Å². The molecule has 0 N–H and O–H groups in total. The highest BCUT2D eigenvalue weighted by Crippen LogP contribution is 2.25. The second kappa shape index (κ2) is 6.37. The van der Waals surface area contributed by atoms with Gasteiger partial charge in [0.25, 0.3) is 5.56 Å². The molecule has 0 aliphatic rings. The lowest BCUT2D eigenvalue weighted by Gasteiger charge is -2.09. The second-order valence-corrected chi connectivity index (χ2v) is 6.85. The van der Waals surface area contributed by atoms with E-state index in [0.717, 1.165) is 17.5 Å². The predicted molar refractivity (Wildman–Crippen MR) is 99.6 cm³/mol. The normalized spacial score (nSPS) is 11.7. The maximum absolute atomic E-state index is 13.2. The van der Waals surface area contributed by atoms with E-state index in [1.54, 1.807) is 33.6 Å². The van der Waals surface area contributed by atoms with Crippen LogP contribution in [0.5, 0.6) is 0 Å². The zero-order chi connectivity index (χ0) is 18.3. The maximum Gasteiger partial charge on any atom is 0.261 e. The Morgan fingerprint density at radius 3 is 2.62 bits per heavy atom. The van der Waals surface area contributed by atoms with Crippen LogP contribution in [0.3, 0.4) is 0 Å². The number of halogens is 1. The molecule has 0 atom stereocenters. The molecule has 0 saturated carbocycles. The number of pyridine rings is 1. The summed E-state index contributed by atoms with van der Waals surface area (Å²) in [7, 11) is 0. The Bertz CT molecular complexity index is 1140. The van der Waals surface area contributed by atoms with Crippen LogP contribution in [0.25, 0.3) is 27.7 Å². The topological polar surface area (TPSA) is 52.2 Å². The molecule has 5 nitrogen and oxygen atoms in total. The van der Waals surface area contributed by atoms with Crippen molar-refractivity contribution in [2.24, 2.45) is 5.92 Å². The molecule has 1 aromatic carbocycles. The van der Waals surface area contributed by atoms with E-state index in [1.165, 1.54) is 12.1 Å². The molecule has 0 saturated heterocycles. The van der Waals surface area contributed by atoms with E-state index in [9.17, 15) is 9.18 Å². The van der Waals surface area contributed by atoms with Crippen LogP contribution in [0.1, 0.15) is 20.3 Å². The summed E-state index contributed by atoms with van der Waals surface area (Å²) >= 11 is 0. The average molecular weight is 350 g/mol. The number of fused-ring (bicyclic) bond motifs is 3. The van der Waals surface area contributed by atoms with Gasteiger partial charge in [0.15, 0.2) is 5.65 Å². The number of benzene rings is 1. The van der Waals surface area contributed by atoms with Gasteiger partial charge in [-0.15, -0.1) is 0 Å². The van der Waals surface area contributed by atoms with Crippen molar-refractivity contribution >= 4 is 16.6 Å². The van der Waals surface area contributed by atoms with Crippen LogP contribution in [-0.4, -0.2) is 19.2 Å². The molecular formula is C20H19FN4O. The Balaban J connectivity index is 1.85. The van der Waals surface area contributed by atoms with E-state index in [1.807, 2.05) is 12.3 Å². The molecule has 4 aromatic rings. The molecule has 0 bridgehead atoms. The molecule has 3 heterocycles. The lowest BCUT2D eigenvalue weighted by Crippen LogP contribution is -2.21. The van der Waals surface area contributed by atoms with Gasteiger partial charge in [0.05, 0.1) is 17.1 Å². The first kappa shape index (κ1) is 16.4. The zero-order valence-corrected chi connectivity index (χ0v) is 14.7. The summed E-state index contributed by atoms with van der Waals surface area (Å²) in [5.74, 6) is 0.244. The zero-order valence-electron chi connectivity index (χ0n) is 14.7. The second-order valence-electron chi connectivity index (χ2n) is 6.85. The van der Waals surface area contributed by atoms with E-state index in [2.05, 4.69) is 23.9 Å². The summed E-state index contributed by atoms with van der Waals surface area (Å²) in [6.45, 7) is 4.96. The fraction of sp³-hybridized carbons (Fsp3) is 0.250. The van der Waals surface area contributed by atoms with Crippen molar-refractivity contribution in [3.05, 3.63) is 65.1 Å². The molecule has 0 spiro atoms. The molecule has 3 aromatic heterocycles. The van der Waals surface area contributed by atoms with Gasteiger partial charge in [-0.3, -0.25) is 4.79 Å². The number of hydrogen-bond acceptors (Lipinski definition) is 3. The van der Waals surface area contributed by atoms with Crippen LogP contribution in [0.4, 0.5) is 4.39 Å². The third-order valence-corrected chi connectivity index (χ3v) is 4.57. The minimum atomic E-state index is -0.286. The van der Waals surface area contributed by atoms with Crippen LogP contribution < -0.4 is 5.56 Å².